The van der Waals surface area contributed by atoms with Crippen molar-refractivity contribution in [2.24, 2.45) is 16.8 Å². The second kappa shape index (κ2) is 11.1. The van der Waals surface area contributed by atoms with Crippen LogP contribution in [0.4, 0.5) is 5.13 Å². The Kier molecular flexibility index (Phi) is 7.86. The van der Waals surface area contributed by atoms with Gasteiger partial charge in [-0.15, -0.1) is 11.3 Å². The Balaban J connectivity index is 0.000000148. The van der Waals surface area contributed by atoms with Crippen LogP contribution in [0, 0.1) is 11.8 Å². The molecule has 0 spiro atoms. The molecule has 2 saturated carbocycles. The first-order valence-electron chi connectivity index (χ1n) is 12.3. The van der Waals surface area contributed by atoms with Gasteiger partial charge in [0.25, 0.3) is 0 Å². The summed E-state index contributed by atoms with van der Waals surface area (Å²) in [6.07, 6.45) is 6.39. The quantitative estimate of drug-likeness (QED) is 0.292. The van der Waals surface area contributed by atoms with Gasteiger partial charge in [0, 0.05) is 42.6 Å². The molecular weight excluding hydrogens is 519 g/mol. The molecule has 3 heterocycles. The summed E-state index contributed by atoms with van der Waals surface area (Å²) in [7, 11) is 3.37. The van der Waals surface area contributed by atoms with E-state index in [1.54, 1.807) is 43.7 Å². The monoisotopic (exact) mass is 548 g/mol. The molecule has 0 bridgehead atoms. The Morgan fingerprint density at radius 3 is 2.47 bits per heavy atom. The zero-order chi connectivity index (χ0) is 25.2. The van der Waals surface area contributed by atoms with E-state index in [-0.39, 0.29) is 6.61 Å². The fourth-order valence-corrected chi connectivity index (χ4v) is 6.67. The number of aliphatic imine (C=N–C) groups is 1. The Morgan fingerprint density at radius 2 is 1.89 bits per heavy atom. The lowest BCUT2D eigenvalue weighted by atomic mass is 10.0. The van der Waals surface area contributed by atoms with Gasteiger partial charge >= 0.3 is 0 Å². The number of fused-ring (bicyclic) bond motifs is 1. The minimum Gasteiger partial charge on any atom is -0.480 e. The summed E-state index contributed by atoms with van der Waals surface area (Å²) >= 11 is 14.0. The number of aliphatic hydroxyl groups is 1. The third-order valence-electron chi connectivity index (χ3n) is 7.23. The lowest BCUT2D eigenvalue weighted by Crippen LogP contribution is -2.20. The molecule has 3 aliphatic rings. The molecule has 2 aromatic heterocycles. The molecular formula is C26H30Cl2N4O3S. The molecule has 36 heavy (non-hydrogen) atoms. The van der Waals surface area contributed by atoms with Gasteiger partial charge in [-0.2, -0.15) is 0 Å². The highest BCUT2D eigenvalue weighted by Gasteiger charge is 2.37. The standard InChI is InChI=1S/C13H11Cl2NO2.C13H19N3OS/c14-9-2-1-3-10(15)11(9)12-8(6-17)13(18-16-12)7-4-5-7;1-14-12(17-2)11-8-18-13(15-11)16-6-9-4-3-5-10(9)7-16/h1-3,7,17H,4-6H2;8-10H,3-7H2,1-2H3/t;9-,10+. The van der Waals surface area contributed by atoms with Gasteiger partial charge in [-0.25, -0.2) is 4.98 Å². The van der Waals surface area contributed by atoms with Gasteiger partial charge in [-0.05, 0) is 49.7 Å². The highest BCUT2D eigenvalue weighted by Crippen LogP contribution is 2.45. The van der Waals surface area contributed by atoms with Gasteiger partial charge in [-0.1, -0.05) is 40.8 Å². The van der Waals surface area contributed by atoms with E-state index >= 15 is 0 Å². The summed E-state index contributed by atoms with van der Waals surface area (Å²) in [6.45, 7) is 2.25. The molecule has 1 aliphatic heterocycles. The van der Waals surface area contributed by atoms with Gasteiger partial charge in [-0.3, -0.25) is 4.99 Å². The van der Waals surface area contributed by atoms with Gasteiger partial charge < -0.3 is 19.3 Å². The van der Waals surface area contributed by atoms with Crippen molar-refractivity contribution in [3.05, 3.63) is 50.6 Å². The van der Waals surface area contributed by atoms with Crippen molar-refractivity contribution >= 4 is 45.6 Å². The van der Waals surface area contributed by atoms with E-state index in [1.165, 1.54) is 32.4 Å². The predicted octanol–water partition coefficient (Wildman–Crippen LogP) is 6.42. The highest BCUT2D eigenvalue weighted by atomic mass is 35.5. The van der Waals surface area contributed by atoms with Crippen LogP contribution in [0.1, 0.15) is 55.0 Å². The number of nitrogens with zero attached hydrogens (tertiary/aromatic N) is 4. The van der Waals surface area contributed by atoms with E-state index < -0.39 is 0 Å². The molecule has 0 radical (unpaired) electrons. The molecule has 0 amide bonds. The van der Waals surface area contributed by atoms with Crippen LogP contribution >= 0.6 is 34.5 Å². The van der Waals surface area contributed by atoms with Crippen LogP contribution in [0.25, 0.3) is 11.3 Å². The van der Waals surface area contributed by atoms with Crippen LogP contribution in [-0.4, -0.2) is 48.4 Å². The van der Waals surface area contributed by atoms with Crippen LogP contribution < -0.4 is 4.90 Å². The van der Waals surface area contributed by atoms with Gasteiger partial charge in [0.2, 0.25) is 5.90 Å². The highest BCUT2D eigenvalue weighted by molar-refractivity contribution is 7.13. The number of anilines is 1. The van der Waals surface area contributed by atoms with Gasteiger partial charge in [0.05, 0.1) is 23.8 Å². The van der Waals surface area contributed by atoms with E-state index in [0.29, 0.717) is 38.7 Å². The summed E-state index contributed by atoms with van der Waals surface area (Å²) in [5.41, 5.74) is 2.74. The number of benzene rings is 1. The Hall–Kier alpha value is -2.13. The second-order valence-electron chi connectivity index (χ2n) is 9.51. The second-order valence-corrected chi connectivity index (χ2v) is 11.2. The summed E-state index contributed by atoms with van der Waals surface area (Å²) < 4.78 is 10.6. The topological polar surface area (TPSA) is 84.0 Å². The summed E-state index contributed by atoms with van der Waals surface area (Å²) in [5.74, 6) is 3.58. The number of aliphatic hydroxyl groups excluding tert-OH is 1. The van der Waals surface area contributed by atoms with E-state index in [4.69, 9.17) is 32.5 Å². The maximum absolute atomic E-state index is 9.52. The summed E-state index contributed by atoms with van der Waals surface area (Å²) in [5, 5.41) is 17.7. The molecule has 2 atom stereocenters. The fourth-order valence-electron chi connectivity index (χ4n) is 5.27. The molecule has 1 N–H and O–H groups in total. The van der Waals surface area contributed by atoms with E-state index in [1.807, 2.05) is 5.38 Å². The van der Waals surface area contributed by atoms with Crippen molar-refractivity contribution in [1.82, 2.24) is 10.1 Å². The number of hydrogen-bond acceptors (Lipinski definition) is 8. The van der Waals surface area contributed by atoms with Crippen LogP contribution in [0.3, 0.4) is 0 Å². The normalized spacial score (nSPS) is 21.4. The molecule has 192 valence electrons. The zero-order valence-electron chi connectivity index (χ0n) is 20.4. The largest absolute Gasteiger partial charge is 0.480 e. The smallest absolute Gasteiger partial charge is 0.235 e. The van der Waals surface area contributed by atoms with Crippen molar-refractivity contribution < 1.29 is 14.4 Å². The molecule has 3 fully saturated rings. The van der Waals surface area contributed by atoms with Gasteiger partial charge in [0.1, 0.15) is 17.1 Å². The first-order chi connectivity index (χ1) is 17.5. The SMILES string of the molecule is CN=C(OC)c1csc(N2C[C@H]3CCC[C@H]3C2)n1.OCc1c(-c2c(Cl)cccc2Cl)noc1C1CC1. The number of thiazole rings is 1. The number of aromatic nitrogens is 2. The van der Waals surface area contributed by atoms with Crippen molar-refractivity contribution in [1.29, 1.82) is 0 Å². The average molecular weight is 550 g/mol. The van der Waals surface area contributed by atoms with Gasteiger partial charge in [0.15, 0.2) is 5.13 Å². The number of hydrogen-bond donors (Lipinski definition) is 1. The molecule has 6 rings (SSSR count). The third kappa shape index (κ3) is 5.14. The fraction of sp³-hybridized carbons (Fsp3) is 0.500. The number of ether oxygens (including phenoxy) is 1. The maximum atomic E-state index is 9.52. The van der Waals surface area contributed by atoms with Crippen molar-refractivity contribution in [3.8, 4) is 11.3 Å². The molecule has 1 saturated heterocycles. The van der Waals surface area contributed by atoms with Crippen LogP contribution in [-0.2, 0) is 11.3 Å². The Morgan fingerprint density at radius 1 is 1.19 bits per heavy atom. The van der Waals surface area contributed by atoms with E-state index in [2.05, 4.69) is 20.0 Å². The average Bonchev–Trinajstić information content (AvgIpc) is 3.24. The third-order valence-corrected chi connectivity index (χ3v) is 8.76. The Labute approximate surface area is 225 Å². The minimum absolute atomic E-state index is 0.119. The molecule has 3 aromatic rings. The van der Waals surface area contributed by atoms with Crippen LogP contribution in [0.5, 0.6) is 0 Å². The molecule has 2 aliphatic carbocycles. The van der Waals surface area contributed by atoms with Crippen molar-refractivity contribution in [2.45, 2.75) is 44.6 Å². The summed E-state index contributed by atoms with van der Waals surface area (Å²) in [6, 6.07) is 5.26. The van der Waals surface area contributed by atoms with Crippen LogP contribution in [0.2, 0.25) is 10.0 Å². The first-order valence-corrected chi connectivity index (χ1v) is 13.9. The molecule has 1 aromatic carbocycles. The van der Waals surface area contributed by atoms with Crippen LogP contribution in [0.15, 0.2) is 33.1 Å². The first kappa shape index (κ1) is 25.5. The van der Waals surface area contributed by atoms with Crippen molar-refractivity contribution in [2.75, 3.05) is 32.1 Å². The predicted molar refractivity (Wildman–Crippen MR) is 144 cm³/mol. The van der Waals surface area contributed by atoms with E-state index in [0.717, 1.165) is 41.3 Å². The molecule has 10 heteroatoms. The Bertz CT molecular complexity index is 1210. The number of methoxy groups -OCH3 is 1. The lowest BCUT2D eigenvalue weighted by molar-refractivity contribution is 0.277. The maximum Gasteiger partial charge on any atom is 0.235 e. The lowest BCUT2D eigenvalue weighted by Gasteiger charge is -2.15. The minimum atomic E-state index is -0.119. The molecule has 7 nitrogen and oxygen atoms in total. The zero-order valence-corrected chi connectivity index (χ0v) is 22.7. The number of rotatable bonds is 5. The van der Waals surface area contributed by atoms with Crippen molar-refractivity contribution in [3.63, 3.8) is 0 Å². The molecule has 0 unspecified atom stereocenters. The van der Waals surface area contributed by atoms with E-state index in [9.17, 15) is 5.11 Å². The number of halogens is 2. The summed E-state index contributed by atoms with van der Waals surface area (Å²) in [4.78, 5) is 11.2.